The Kier molecular flexibility index (Phi) is 20.6. The van der Waals surface area contributed by atoms with Gasteiger partial charge in [0.25, 0.3) is 0 Å². The number of hydrogen-bond acceptors (Lipinski definition) is 6. The van der Waals surface area contributed by atoms with Crippen LogP contribution in [0.2, 0.25) is 0 Å². The Balaban J connectivity index is 2.20. The monoisotopic (exact) mass is 570 g/mol. The van der Waals surface area contributed by atoms with Crippen LogP contribution in [0.15, 0.2) is 24.3 Å². The van der Waals surface area contributed by atoms with Crippen LogP contribution in [0.25, 0.3) is 0 Å². The van der Waals surface area contributed by atoms with Gasteiger partial charge in [-0.25, -0.2) is 0 Å². The van der Waals surface area contributed by atoms with E-state index in [2.05, 4.69) is 40.2 Å². The summed E-state index contributed by atoms with van der Waals surface area (Å²) in [6.45, 7) is 5.12. The molecule has 0 saturated heterocycles. The van der Waals surface area contributed by atoms with Gasteiger partial charge in [0.1, 0.15) is 12.4 Å². The minimum Gasteiger partial charge on any atom is -0.490 e. The number of hydrogen-bond donors (Lipinski definition) is 1. The molecule has 0 aromatic heterocycles. The van der Waals surface area contributed by atoms with Gasteiger partial charge in [0.2, 0.25) is 0 Å². The maximum Gasteiger partial charge on any atom is 0.329 e. The van der Waals surface area contributed by atoms with E-state index in [1.807, 2.05) is 12.1 Å². The van der Waals surface area contributed by atoms with Crippen LogP contribution < -0.4 is 4.74 Å². The molecule has 0 aliphatic carbocycles. The predicted octanol–water partition coefficient (Wildman–Crippen LogP) is 7.59. The lowest BCUT2D eigenvalue weighted by atomic mass is 10.0. The summed E-state index contributed by atoms with van der Waals surface area (Å²) in [4.78, 5) is 21.5. The zero-order valence-electron chi connectivity index (χ0n) is 25.5. The summed E-state index contributed by atoms with van der Waals surface area (Å²) in [5.74, 6) is 0.296. The Morgan fingerprint density at radius 1 is 0.821 bits per heavy atom. The van der Waals surface area contributed by atoms with Crippen molar-refractivity contribution in [3.05, 3.63) is 29.8 Å². The predicted molar refractivity (Wildman–Crippen MR) is 161 cm³/mol. The van der Waals surface area contributed by atoms with Crippen molar-refractivity contribution in [3.8, 4) is 5.75 Å². The van der Waals surface area contributed by atoms with Crippen molar-refractivity contribution >= 4 is 14.6 Å². The number of unbranched alkanes of at least 4 members (excludes halogenated alkanes) is 11. The number of quaternary nitrogens is 1. The molecule has 0 aliphatic rings. The highest BCUT2D eigenvalue weighted by Crippen LogP contribution is 2.33. The van der Waals surface area contributed by atoms with Crippen LogP contribution in [0.5, 0.6) is 5.75 Å². The molecule has 0 aliphatic heterocycles. The van der Waals surface area contributed by atoms with Gasteiger partial charge in [-0.3, -0.25) is 4.79 Å². The molecule has 0 amide bonds. The van der Waals surface area contributed by atoms with Gasteiger partial charge in [0, 0.05) is 13.3 Å². The third-order valence-electron chi connectivity index (χ3n) is 6.56. The van der Waals surface area contributed by atoms with Gasteiger partial charge < -0.3 is 27.9 Å². The van der Waals surface area contributed by atoms with E-state index in [1.54, 1.807) is 0 Å². The lowest BCUT2D eigenvalue weighted by Crippen LogP contribution is -2.35. The minimum absolute atomic E-state index is 0.00809. The number of nitrogens with zero attached hydrogens (tertiary/aromatic N) is 1. The molecule has 1 aromatic rings. The Labute approximate surface area is 240 Å². The van der Waals surface area contributed by atoms with Crippen molar-refractivity contribution in [1.82, 2.24) is 0 Å². The molecule has 0 radical (unpaired) electrons. The summed E-state index contributed by atoms with van der Waals surface area (Å²) in [6, 6.07) is 8.11. The van der Waals surface area contributed by atoms with Crippen LogP contribution in [0.4, 0.5) is 0 Å². The van der Waals surface area contributed by atoms with Crippen LogP contribution in [0, 0.1) is 0 Å². The van der Waals surface area contributed by atoms with Crippen molar-refractivity contribution in [2.45, 2.75) is 110 Å². The smallest absolute Gasteiger partial charge is 0.329 e. The molecule has 1 aromatic carbocycles. The fourth-order valence-electron chi connectivity index (χ4n) is 4.33. The lowest BCUT2D eigenvalue weighted by molar-refractivity contribution is -0.870. The highest BCUT2D eigenvalue weighted by Gasteiger charge is 2.18. The van der Waals surface area contributed by atoms with Crippen LogP contribution in [0.1, 0.15) is 103 Å². The van der Waals surface area contributed by atoms with Gasteiger partial charge >= 0.3 is 14.6 Å². The van der Waals surface area contributed by atoms with Crippen molar-refractivity contribution in [1.29, 1.82) is 0 Å². The van der Waals surface area contributed by atoms with E-state index in [4.69, 9.17) is 18.5 Å². The van der Waals surface area contributed by atoms with Gasteiger partial charge in [-0.2, -0.15) is 0 Å². The van der Waals surface area contributed by atoms with E-state index in [-0.39, 0.29) is 13.2 Å². The average Bonchev–Trinajstić information content (AvgIpc) is 2.88. The average molecular weight is 571 g/mol. The van der Waals surface area contributed by atoms with E-state index in [0.717, 1.165) is 23.9 Å². The standard InChI is InChI=1S/C31H57NO6P/c1-6-7-8-9-10-11-12-13-14-15-16-17-19-29-20-22-30(23-21-29)35-26-31(38-28(2)33)27-37-39(34)36-25-18-24-32(3,4)5/h20-23,31,34H,6-19,24-27H2,1-5H3/q+1. The van der Waals surface area contributed by atoms with Gasteiger partial charge in [-0.15, -0.1) is 0 Å². The molecule has 2 unspecified atom stereocenters. The van der Waals surface area contributed by atoms with Crippen molar-refractivity contribution in [3.63, 3.8) is 0 Å². The largest absolute Gasteiger partial charge is 0.490 e. The SMILES string of the molecule is CCCCCCCCCCCCCCc1ccc(OCC(COP(O)OCCC[N+](C)(C)C)OC(C)=O)cc1. The molecular formula is C31H57NO6P+. The van der Waals surface area contributed by atoms with Crippen LogP contribution in [-0.2, 0) is 25.0 Å². The molecule has 39 heavy (non-hydrogen) atoms. The second kappa shape index (κ2) is 22.4. The number of benzene rings is 1. The van der Waals surface area contributed by atoms with Crippen LogP contribution in [0.3, 0.4) is 0 Å². The normalized spacial score (nSPS) is 13.3. The van der Waals surface area contributed by atoms with Gasteiger partial charge in [-0.05, 0) is 30.5 Å². The maximum absolute atomic E-state index is 11.5. The molecule has 2 atom stereocenters. The second-order valence-electron chi connectivity index (χ2n) is 11.6. The number of rotatable bonds is 25. The molecule has 0 fully saturated rings. The summed E-state index contributed by atoms with van der Waals surface area (Å²) in [6.07, 6.45) is 17.6. The quantitative estimate of drug-likeness (QED) is 0.0565. The highest BCUT2D eigenvalue weighted by molar-refractivity contribution is 7.40. The molecule has 0 saturated carbocycles. The number of esters is 1. The zero-order valence-corrected chi connectivity index (χ0v) is 26.4. The number of carbonyl (C=O) groups excluding carboxylic acids is 1. The van der Waals surface area contributed by atoms with Crippen LogP contribution >= 0.6 is 8.60 Å². The molecular weight excluding hydrogens is 513 g/mol. The first kappa shape index (κ1) is 35.8. The summed E-state index contributed by atoms with van der Waals surface area (Å²) in [5.41, 5.74) is 1.31. The highest BCUT2D eigenvalue weighted by atomic mass is 31.2. The minimum atomic E-state index is -2.02. The Hall–Kier alpha value is -1.24. The molecule has 8 heteroatoms. The first-order chi connectivity index (χ1) is 18.7. The lowest BCUT2D eigenvalue weighted by Gasteiger charge is -2.24. The molecule has 1 rings (SSSR count). The van der Waals surface area contributed by atoms with Gasteiger partial charge in [-0.1, -0.05) is 89.7 Å². The number of aryl methyl sites for hydroxylation is 1. The summed E-state index contributed by atoms with van der Waals surface area (Å²) < 4.78 is 22.7. The van der Waals surface area contributed by atoms with E-state index < -0.39 is 20.7 Å². The topological polar surface area (TPSA) is 74.2 Å². The summed E-state index contributed by atoms with van der Waals surface area (Å²) >= 11 is 0. The fourth-order valence-corrected chi connectivity index (χ4v) is 4.98. The fraction of sp³-hybridized carbons (Fsp3) is 0.774. The van der Waals surface area contributed by atoms with Crippen molar-refractivity contribution < 1.29 is 32.7 Å². The third kappa shape index (κ3) is 22.2. The van der Waals surface area contributed by atoms with Crippen molar-refractivity contribution in [2.75, 3.05) is 47.5 Å². The molecule has 226 valence electrons. The van der Waals surface area contributed by atoms with E-state index >= 15 is 0 Å². The van der Waals surface area contributed by atoms with Crippen LogP contribution in [-0.4, -0.2) is 69.0 Å². The Morgan fingerprint density at radius 2 is 1.38 bits per heavy atom. The Morgan fingerprint density at radius 3 is 1.92 bits per heavy atom. The maximum atomic E-state index is 11.5. The summed E-state index contributed by atoms with van der Waals surface area (Å²) in [5, 5.41) is 0. The van der Waals surface area contributed by atoms with Gasteiger partial charge in [0.15, 0.2) is 6.10 Å². The number of ether oxygens (including phenoxy) is 2. The van der Waals surface area contributed by atoms with Gasteiger partial charge in [0.05, 0.1) is 40.9 Å². The molecule has 1 N–H and O–H groups in total. The summed E-state index contributed by atoms with van der Waals surface area (Å²) in [7, 11) is 4.29. The molecule has 7 nitrogen and oxygen atoms in total. The molecule has 0 bridgehead atoms. The first-order valence-electron chi connectivity index (χ1n) is 15.1. The van der Waals surface area contributed by atoms with Crippen molar-refractivity contribution in [2.24, 2.45) is 0 Å². The third-order valence-corrected chi connectivity index (χ3v) is 7.33. The molecule has 0 spiro atoms. The molecule has 0 heterocycles. The van der Waals surface area contributed by atoms with E-state index in [9.17, 15) is 9.69 Å². The number of carbonyl (C=O) groups is 1. The zero-order chi connectivity index (χ0) is 28.8. The first-order valence-corrected chi connectivity index (χ1v) is 16.3. The Bertz CT molecular complexity index is 725. The van der Waals surface area contributed by atoms with E-state index in [1.165, 1.54) is 89.5 Å². The second-order valence-corrected chi connectivity index (χ2v) is 12.6. The van der Waals surface area contributed by atoms with E-state index in [0.29, 0.717) is 12.4 Å².